The van der Waals surface area contributed by atoms with Crippen molar-refractivity contribution < 1.29 is 9.59 Å². The summed E-state index contributed by atoms with van der Waals surface area (Å²) >= 11 is 6.34. The molecule has 2 amide bonds. The van der Waals surface area contributed by atoms with E-state index in [9.17, 15) is 9.59 Å². The highest BCUT2D eigenvalue weighted by Gasteiger charge is 2.26. The summed E-state index contributed by atoms with van der Waals surface area (Å²) in [4.78, 5) is 32.8. The molecule has 3 aromatic rings. The lowest BCUT2D eigenvalue weighted by atomic mass is 10.1. The number of benzene rings is 1. The van der Waals surface area contributed by atoms with Gasteiger partial charge in [0.15, 0.2) is 5.65 Å². The van der Waals surface area contributed by atoms with E-state index in [1.165, 1.54) is 0 Å². The summed E-state index contributed by atoms with van der Waals surface area (Å²) in [6.45, 7) is 1.98. The fourth-order valence-corrected chi connectivity index (χ4v) is 3.77. The van der Waals surface area contributed by atoms with E-state index >= 15 is 0 Å². The van der Waals surface area contributed by atoms with Gasteiger partial charge in [0.05, 0.1) is 18.7 Å². The number of carbonyl (C=O) groups is 2. The Balaban J connectivity index is 1.54. The van der Waals surface area contributed by atoms with Gasteiger partial charge in [-0.05, 0) is 37.5 Å². The van der Waals surface area contributed by atoms with Crippen molar-refractivity contribution in [3.05, 3.63) is 52.2 Å². The zero-order valence-corrected chi connectivity index (χ0v) is 17.5. The average Bonchev–Trinajstić information content (AvgIpc) is 3.37. The molecular formula is C21H20ClN7O2. The molecule has 1 atom stereocenters. The van der Waals surface area contributed by atoms with Crippen molar-refractivity contribution in [1.82, 2.24) is 24.9 Å². The van der Waals surface area contributed by atoms with E-state index in [1.54, 1.807) is 16.8 Å². The van der Waals surface area contributed by atoms with Gasteiger partial charge in [0.2, 0.25) is 17.8 Å². The van der Waals surface area contributed by atoms with E-state index in [-0.39, 0.29) is 24.3 Å². The molecule has 1 saturated heterocycles. The molecule has 0 radical (unpaired) electrons. The monoisotopic (exact) mass is 437 g/mol. The van der Waals surface area contributed by atoms with Crippen LogP contribution in [-0.2, 0) is 9.59 Å². The maximum atomic E-state index is 12.0. The molecule has 9 nitrogen and oxygen atoms in total. The third-order valence-corrected chi connectivity index (χ3v) is 5.59. The van der Waals surface area contributed by atoms with Gasteiger partial charge in [-0.3, -0.25) is 14.9 Å². The highest BCUT2D eigenvalue weighted by molar-refractivity contribution is 6.31. The summed E-state index contributed by atoms with van der Waals surface area (Å²) in [6, 6.07) is 7.83. The number of nitrogens with zero attached hydrogens (tertiary/aromatic N) is 4. The van der Waals surface area contributed by atoms with E-state index < -0.39 is 0 Å². The highest BCUT2D eigenvalue weighted by Crippen LogP contribution is 2.28. The van der Waals surface area contributed by atoms with Crippen LogP contribution in [0.25, 0.3) is 11.7 Å². The molecule has 2 aliphatic rings. The Morgan fingerprint density at radius 3 is 2.77 bits per heavy atom. The lowest BCUT2D eigenvalue weighted by molar-refractivity contribution is -0.124. The number of rotatable bonds is 6. The van der Waals surface area contributed by atoms with Crippen LogP contribution in [0.4, 0.5) is 11.9 Å². The SMILES string of the molecule is CC(Nc1nc(NC2CC2)n2ncc(/C=C3\CC(=O)NC3=O)c2n1)c1ccccc1Cl. The van der Waals surface area contributed by atoms with Gasteiger partial charge in [-0.15, -0.1) is 0 Å². The van der Waals surface area contributed by atoms with Crippen LogP contribution < -0.4 is 16.0 Å². The van der Waals surface area contributed by atoms with Crippen molar-refractivity contribution in [1.29, 1.82) is 0 Å². The molecule has 1 unspecified atom stereocenters. The van der Waals surface area contributed by atoms with Gasteiger partial charge in [0.25, 0.3) is 5.91 Å². The molecule has 2 aromatic heterocycles. The molecule has 3 heterocycles. The molecule has 1 aliphatic heterocycles. The van der Waals surface area contributed by atoms with Crippen LogP contribution in [0.2, 0.25) is 5.02 Å². The number of anilines is 2. The molecule has 1 aliphatic carbocycles. The minimum absolute atomic E-state index is 0.0447. The topological polar surface area (TPSA) is 113 Å². The molecule has 2 fully saturated rings. The van der Waals surface area contributed by atoms with Crippen molar-refractivity contribution in [2.75, 3.05) is 10.6 Å². The molecule has 31 heavy (non-hydrogen) atoms. The van der Waals surface area contributed by atoms with Gasteiger partial charge in [-0.2, -0.15) is 19.6 Å². The van der Waals surface area contributed by atoms with Crippen LogP contribution in [0, 0.1) is 0 Å². The highest BCUT2D eigenvalue weighted by atomic mass is 35.5. The zero-order chi connectivity index (χ0) is 21.5. The molecule has 0 spiro atoms. The summed E-state index contributed by atoms with van der Waals surface area (Å²) < 4.78 is 1.62. The number of amides is 2. The predicted octanol–water partition coefficient (Wildman–Crippen LogP) is 2.96. The summed E-state index contributed by atoms with van der Waals surface area (Å²) in [7, 11) is 0. The lowest BCUT2D eigenvalue weighted by Gasteiger charge is -2.17. The Kier molecular flexibility index (Phi) is 4.82. The molecule has 1 aromatic carbocycles. The Morgan fingerprint density at radius 2 is 2.06 bits per heavy atom. The maximum Gasteiger partial charge on any atom is 0.254 e. The van der Waals surface area contributed by atoms with E-state index in [1.807, 2.05) is 31.2 Å². The number of fused-ring (bicyclic) bond motifs is 1. The number of imide groups is 1. The van der Waals surface area contributed by atoms with Gasteiger partial charge in [-0.1, -0.05) is 29.8 Å². The maximum absolute atomic E-state index is 12.0. The molecule has 0 bridgehead atoms. The first kappa shape index (κ1) is 19.5. The summed E-state index contributed by atoms with van der Waals surface area (Å²) in [6.07, 6.45) is 5.46. The fraction of sp³-hybridized carbons (Fsp3) is 0.286. The number of hydrogen-bond donors (Lipinski definition) is 3. The number of aromatic nitrogens is 4. The van der Waals surface area contributed by atoms with Crippen LogP contribution in [0.3, 0.4) is 0 Å². The number of hydrogen-bond acceptors (Lipinski definition) is 7. The van der Waals surface area contributed by atoms with Crippen molar-refractivity contribution in [2.45, 2.75) is 38.3 Å². The minimum Gasteiger partial charge on any atom is -0.351 e. The second kappa shape index (κ2) is 7.66. The molecular weight excluding hydrogens is 418 g/mol. The number of halogens is 1. The van der Waals surface area contributed by atoms with Crippen molar-refractivity contribution >= 4 is 47.0 Å². The summed E-state index contributed by atoms with van der Waals surface area (Å²) in [5, 5.41) is 14.0. The Bertz CT molecular complexity index is 1230. The van der Waals surface area contributed by atoms with Crippen LogP contribution in [-0.4, -0.2) is 37.4 Å². The number of carbonyl (C=O) groups excluding carboxylic acids is 2. The third kappa shape index (κ3) is 3.96. The second-order valence-electron chi connectivity index (χ2n) is 7.74. The largest absolute Gasteiger partial charge is 0.351 e. The van der Waals surface area contributed by atoms with Gasteiger partial charge >= 0.3 is 0 Å². The van der Waals surface area contributed by atoms with E-state index in [2.05, 4.69) is 31.0 Å². The number of nitrogens with one attached hydrogen (secondary N) is 3. The lowest BCUT2D eigenvalue weighted by Crippen LogP contribution is -2.19. The summed E-state index contributed by atoms with van der Waals surface area (Å²) in [5.74, 6) is 0.280. The smallest absolute Gasteiger partial charge is 0.254 e. The average molecular weight is 438 g/mol. The first-order valence-corrected chi connectivity index (χ1v) is 10.4. The Morgan fingerprint density at radius 1 is 1.26 bits per heavy atom. The molecule has 158 valence electrons. The molecule has 10 heteroatoms. The normalized spacial score (nSPS) is 18.5. The zero-order valence-electron chi connectivity index (χ0n) is 16.7. The Hall–Kier alpha value is -3.46. The van der Waals surface area contributed by atoms with Crippen LogP contribution >= 0.6 is 11.6 Å². The van der Waals surface area contributed by atoms with Gasteiger partial charge in [-0.25, -0.2) is 0 Å². The molecule has 1 saturated carbocycles. The van der Waals surface area contributed by atoms with E-state index in [0.29, 0.717) is 39.7 Å². The van der Waals surface area contributed by atoms with Gasteiger partial charge < -0.3 is 10.6 Å². The quantitative estimate of drug-likeness (QED) is 0.401. The first-order valence-electron chi connectivity index (χ1n) is 10.1. The van der Waals surface area contributed by atoms with Crippen molar-refractivity contribution in [2.24, 2.45) is 0 Å². The predicted molar refractivity (Wildman–Crippen MR) is 117 cm³/mol. The van der Waals surface area contributed by atoms with Crippen molar-refractivity contribution in [3.8, 4) is 0 Å². The van der Waals surface area contributed by atoms with Crippen molar-refractivity contribution in [3.63, 3.8) is 0 Å². The Labute approximate surface area is 182 Å². The van der Waals surface area contributed by atoms with Crippen LogP contribution in [0.5, 0.6) is 0 Å². The molecule has 5 rings (SSSR count). The van der Waals surface area contributed by atoms with E-state index in [0.717, 1.165) is 18.4 Å². The van der Waals surface area contributed by atoms with E-state index in [4.69, 9.17) is 11.6 Å². The standard InChI is InChI=1S/C21H20ClN7O2/c1-11(15-4-2-3-5-16(15)22)24-20-27-18-13(8-12-9-17(30)26-19(12)31)10-23-29(18)21(28-20)25-14-6-7-14/h2-5,8,10-11,14H,6-7,9H2,1H3,(H,26,30,31)(H2,24,25,27,28)/b12-8+. The fourth-order valence-electron chi connectivity index (χ4n) is 3.47. The van der Waals surface area contributed by atoms with Gasteiger partial charge in [0.1, 0.15) is 0 Å². The second-order valence-corrected chi connectivity index (χ2v) is 8.14. The summed E-state index contributed by atoms with van der Waals surface area (Å²) in [5.41, 5.74) is 2.48. The first-order chi connectivity index (χ1) is 15.0. The van der Waals surface area contributed by atoms with Crippen LogP contribution in [0.15, 0.2) is 36.0 Å². The van der Waals surface area contributed by atoms with Gasteiger partial charge in [0, 0.05) is 22.2 Å². The molecule has 3 N–H and O–H groups in total. The van der Waals surface area contributed by atoms with Crippen LogP contribution in [0.1, 0.15) is 43.4 Å². The minimum atomic E-state index is -0.388. The third-order valence-electron chi connectivity index (χ3n) is 5.25.